The molecule has 1 amide bonds. The van der Waals surface area contributed by atoms with E-state index in [9.17, 15) is 4.79 Å². The lowest BCUT2D eigenvalue weighted by atomic mass is 10.0. The second-order valence-corrected chi connectivity index (χ2v) is 5.05. The van der Waals surface area contributed by atoms with E-state index in [2.05, 4.69) is 11.4 Å². The Morgan fingerprint density at radius 3 is 2.57 bits per heavy atom. The molecular weight excluding hydrogens is 284 g/mol. The Morgan fingerprint density at radius 2 is 1.70 bits per heavy atom. The number of carbonyl (C=O) groups is 1. The lowest BCUT2D eigenvalue weighted by Crippen LogP contribution is -2.08. The molecule has 0 heterocycles. The second-order valence-electron chi connectivity index (χ2n) is 5.05. The largest absolute Gasteiger partial charge is 0.321 e. The minimum atomic E-state index is -0.263. The van der Waals surface area contributed by atoms with Crippen molar-refractivity contribution in [2.75, 3.05) is 5.32 Å². The lowest BCUT2D eigenvalue weighted by molar-refractivity contribution is -0.111. The molecule has 3 aromatic carbocycles. The highest BCUT2D eigenvalue weighted by Gasteiger charge is 2.03. The minimum Gasteiger partial charge on any atom is -0.321 e. The van der Waals surface area contributed by atoms with Gasteiger partial charge in [0.1, 0.15) is 6.07 Å². The van der Waals surface area contributed by atoms with E-state index >= 15 is 0 Å². The number of nitrogens with one attached hydrogen (secondary N) is 1. The zero-order valence-corrected chi connectivity index (χ0v) is 12.4. The topological polar surface area (TPSA) is 52.9 Å². The quantitative estimate of drug-likeness (QED) is 0.730. The molecule has 23 heavy (non-hydrogen) atoms. The van der Waals surface area contributed by atoms with Crippen LogP contribution >= 0.6 is 0 Å². The van der Waals surface area contributed by atoms with Crippen LogP contribution in [0, 0.1) is 11.3 Å². The number of fused-ring (bicyclic) bond motifs is 1. The van der Waals surface area contributed by atoms with Gasteiger partial charge >= 0.3 is 0 Å². The molecular formula is C20H14N2O. The number of nitriles is 1. The van der Waals surface area contributed by atoms with Gasteiger partial charge in [0, 0.05) is 6.08 Å². The monoisotopic (exact) mass is 298 g/mol. The van der Waals surface area contributed by atoms with E-state index in [1.165, 1.54) is 6.08 Å². The standard InChI is InChI=1S/C20H14N2O/c21-14-17-7-2-4-11-19(17)22-20(23)13-12-16-9-5-8-15-6-1-3-10-18(15)16/h1-13H,(H,22,23)/b13-12+. The molecule has 0 aliphatic carbocycles. The maximum atomic E-state index is 12.1. The molecule has 0 bridgehead atoms. The van der Waals surface area contributed by atoms with Crippen molar-refractivity contribution in [3.05, 3.63) is 83.9 Å². The third kappa shape index (κ3) is 3.28. The summed E-state index contributed by atoms with van der Waals surface area (Å²) in [6.07, 6.45) is 3.27. The summed E-state index contributed by atoms with van der Waals surface area (Å²) < 4.78 is 0. The zero-order valence-electron chi connectivity index (χ0n) is 12.4. The molecule has 0 aromatic heterocycles. The molecule has 0 aliphatic heterocycles. The normalized spacial score (nSPS) is 10.6. The Hall–Kier alpha value is -3.38. The van der Waals surface area contributed by atoms with Crippen LogP contribution in [0.3, 0.4) is 0 Å². The summed E-state index contributed by atoms with van der Waals surface area (Å²) in [5, 5.41) is 14.0. The SMILES string of the molecule is N#Cc1ccccc1NC(=O)/C=C/c1cccc2ccccc12. The summed E-state index contributed by atoms with van der Waals surface area (Å²) in [4.78, 5) is 12.1. The van der Waals surface area contributed by atoms with Crippen LogP contribution < -0.4 is 5.32 Å². The van der Waals surface area contributed by atoms with E-state index in [4.69, 9.17) is 5.26 Å². The summed E-state index contributed by atoms with van der Waals surface area (Å²) in [5.74, 6) is -0.263. The molecule has 0 aliphatic rings. The van der Waals surface area contributed by atoms with Gasteiger partial charge in [-0.1, -0.05) is 54.6 Å². The van der Waals surface area contributed by atoms with Crippen LogP contribution in [0.25, 0.3) is 16.8 Å². The number of nitrogens with zero attached hydrogens (tertiary/aromatic N) is 1. The van der Waals surface area contributed by atoms with Crippen LogP contribution in [0.4, 0.5) is 5.69 Å². The predicted molar refractivity (Wildman–Crippen MR) is 92.8 cm³/mol. The van der Waals surface area contributed by atoms with Crippen LogP contribution in [0.5, 0.6) is 0 Å². The Balaban J connectivity index is 1.82. The number of benzene rings is 3. The van der Waals surface area contributed by atoms with E-state index in [0.29, 0.717) is 11.3 Å². The number of hydrogen-bond donors (Lipinski definition) is 1. The Kier molecular flexibility index (Phi) is 4.17. The maximum absolute atomic E-state index is 12.1. The van der Waals surface area contributed by atoms with E-state index in [-0.39, 0.29) is 5.91 Å². The van der Waals surface area contributed by atoms with Crippen molar-refractivity contribution in [2.45, 2.75) is 0 Å². The van der Waals surface area contributed by atoms with Gasteiger partial charge in [0.15, 0.2) is 0 Å². The van der Waals surface area contributed by atoms with Gasteiger partial charge in [0.05, 0.1) is 11.3 Å². The first-order valence-corrected chi connectivity index (χ1v) is 7.24. The fraction of sp³-hybridized carbons (Fsp3) is 0. The first-order chi connectivity index (χ1) is 11.3. The highest BCUT2D eigenvalue weighted by molar-refractivity contribution is 6.04. The Bertz CT molecular complexity index is 930. The van der Waals surface area contributed by atoms with Crippen molar-refractivity contribution in [2.24, 2.45) is 0 Å². The summed E-state index contributed by atoms with van der Waals surface area (Å²) in [6, 6.07) is 23.0. The van der Waals surface area contributed by atoms with Crippen molar-refractivity contribution in [1.29, 1.82) is 5.26 Å². The van der Waals surface area contributed by atoms with Crippen LogP contribution in [0.1, 0.15) is 11.1 Å². The van der Waals surface area contributed by atoms with Gasteiger partial charge in [-0.15, -0.1) is 0 Å². The number of hydrogen-bond acceptors (Lipinski definition) is 2. The number of anilines is 1. The Labute approximate surface area is 134 Å². The van der Waals surface area contributed by atoms with E-state index in [1.807, 2.05) is 42.5 Å². The van der Waals surface area contributed by atoms with E-state index < -0.39 is 0 Å². The van der Waals surface area contributed by atoms with Gasteiger partial charge in [-0.3, -0.25) is 4.79 Å². The van der Waals surface area contributed by atoms with Gasteiger partial charge < -0.3 is 5.32 Å². The van der Waals surface area contributed by atoms with Crippen molar-refractivity contribution in [1.82, 2.24) is 0 Å². The Morgan fingerprint density at radius 1 is 0.957 bits per heavy atom. The molecule has 3 rings (SSSR count). The van der Waals surface area contributed by atoms with Crippen LogP contribution in [0.2, 0.25) is 0 Å². The number of rotatable bonds is 3. The highest BCUT2D eigenvalue weighted by Crippen LogP contribution is 2.20. The molecule has 0 fully saturated rings. The van der Waals surface area contributed by atoms with Crippen LogP contribution in [0.15, 0.2) is 72.8 Å². The molecule has 0 saturated carbocycles. The molecule has 0 atom stereocenters. The van der Waals surface area contributed by atoms with Crippen molar-refractivity contribution >= 4 is 28.4 Å². The fourth-order valence-electron chi connectivity index (χ4n) is 2.43. The first kappa shape index (κ1) is 14.6. The van der Waals surface area contributed by atoms with Gasteiger partial charge in [-0.25, -0.2) is 0 Å². The van der Waals surface area contributed by atoms with Crippen LogP contribution in [-0.4, -0.2) is 5.91 Å². The van der Waals surface area contributed by atoms with Crippen molar-refractivity contribution in [3.8, 4) is 6.07 Å². The summed E-state index contributed by atoms with van der Waals surface area (Å²) >= 11 is 0. The smallest absolute Gasteiger partial charge is 0.248 e. The van der Waals surface area contributed by atoms with E-state index in [1.54, 1.807) is 30.3 Å². The number of carbonyl (C=O) groups excluding carboxylic acids is 1. The molecule has 0 saturated heterocycles. The third-order valence-corrected chi connectivity index (χ3v) is 3.54. The molecule has 0 unspecified atom stereocenters. The van der Waals surface area contributed by atoms with Crippen molar-refractivity contribution in [3.63, 3.8) is 0 Å². The summed E-state index contributed by atoms with van der Waals surface area (Å²) in [7, 11) is 0. The van der Waals surface area contributed by atoms with Crippen molar-refractivity contribution < 1.29 is 4.79 Å². The molecule has 3 aromatic rings. The van der Waals surface area contributed by atoms with Gasteiger partial charge in [0.2, 0.25) is 5.91 Å². The lowest BCUT2D eigenvalue weighted by Gasteiger charge is -2.04. The van der Waals surface area contributed by atoms with Gasteiger partial charge in [0.25, 0.3) is 0 Å². The molecule has 0 spiro atoms. The predicted octanol–water partition coefficient (Wildman–Crippen LogP) is 4.36. The average molecular weight is 298 g/mol. The fourth-order valence-corrected chi connectivity index (χ4v) is 2.43. The number of para-hydroxylation sites is 1. The first-order valence-electron chi connectivity index (χ1n) is 7.24. The summed E-state index contributed by atoms with van der Waals surface area (Å²) in [5.41, 5.74) is 1.94. The van der Waals surface area contributed by atoms with E-state index in [0.717, 1.165) is 16.3 Å². The highest BCUT2D eigenvalue weighted by atomic mass is 16.1. The van der Waals surface area contributed by atoms with Gasteiger partial charge in [-0.05, 0) is 34.5 Å². The van der Waals surface area contributed by atoms with Gasteiger partial charge in [-0.2, -0.15) is 5.26 Å². The second kappa shape index (κ2) is 6.59. The maximum Gasteiger partial charge on any atom is 0.248 e. The molecule has 3 nitrogen and oxygen atoms in total. The van der Waals surface area contributed by atoms with Crippen LogP contribution in [-0.2, 0) is 4.79 Å². The number of amides is 1. The zero-order chi connectivity index (χ0) is 16.1. The molecule has 0 radical (unpaired) electrons. The average Bonchev–Trinajstić information content (AvgIpc) is 2.60. The molecule has 1 N–H and O–H groups in total. The summed E-state index contributed by atoms with van der Waals surface area (Å²) in [6.45, 7) is 0. The molecule has 110 valence electrons. The third-order valence-electron chi connectivity index (χ3n) is 3.54. The molecule has 3 heteroatoms. The minimum absolute atomic E-state index is 0.263.